The minimum atomic E-state index is -4.66. The summed E-state index contributed by atoms with van der Waals surface area (Å²) in [5, 5.41) is -1.29. The molecule has 0 heterocycles. The van der Waals surface area contributed by atoms with Gasteiger partial charge in [0.05, 0.1) is 0 Å². The van der Waals surface area contributed by atoms with E-state index in [4.69, 9.17) is 0 Å². The predicted octanol–water partition coefficient (Wildman–Crippen LogP) is 1.64. The van der Waals surface area contributed by atoms with E-state index in [-0.39, 0.29) is 56.8 Å². The summed E-state index contributed by atoms with van der Waals surface area (Å²) in [6.07, 6.45) is 0.983. The molecule has 0 nitrogen and oxygen atoms in total. The summed E-state index contributed by atoms with van der Waals surface area (Å²) in [7, 11) is 0. The smallest absolute Gasteiger partial charge is 0.449 e. The molecule has 0 unspecified atom stereocenters. The standard InChI is InChI=1S/C14H17BF3.K/c1-9-4-10(2)12(11(3)5-9)13-6-14(7-13,8-13)15(16,17)18;/h4-5H,6-8H2,1-3H3;/q-1;+1. The molecule has 2 bridgehead atoms. The van der Waals surface area contributed by atoms with E-state index < -0.39 is 12.3 Å². The van der Waals surface area contributed by atoms with Crippen LogP contribution in [0.1, 0.15) is 41.5 Å². The Hall–Kier alpha value is 0.711. The molecule has 1 aromatic rings. The number of hydrogen-bond acceptors (Lipinski definition) is 0. The van der Waals surface area contributed by atoms with E-state index in [9.17, 15) is 12.9 Å². The van der Waals surface area contributed by atoms with E-state index in [0.29, 0.717) is 19.3 Å². The van der Waals surface area contributed by atoms with Crippen LogP contribution in [0.5, 0.6) is 0 Å². The van der Waals surface area contributed by atoms with Crippen LogP contribution in [0.4, 0.5) is 12.9 Å². The third-order valence-electron chi connectivity index (χ3n) is 4.97. The fraction of sp³-hybridized carbons (Fsp3) is 0.571. The minimum absolute atomic E-state index is 0. The summed E-state index contributed by atoms with van der Waals surface area (Å²) in [6.45, 7) is 1.43. The van der Waals surface area contributed by atoms with Gasteiger partial charge in [-0.25, -0.2) is 0 Å². The second-order valence-corrected chi connectivity index (χ2v) is 6.52. The van der Waals surface area contributed by atoms with E-state index >= 15 is 0 Å². The average Bonchev–Trinajstić information content (AvgIpc) is 2.01. The molecule has 0 spiro atoms. The number of benzene rings is 1. The van der Waals surface area contributed by atoms with Crippen LogP contribution in [0.2, 0.25) is 5.31 Å². The molecule has 3 aliphatic carbocycles. The Morgan fingerprint density at radius 3 is 1.74 bits per heavy atom. The Bertz CT molecular complexity index is 493. The molecule has 4 rings (SSSR count). The van der Waals surface area contributed by atoms with E-state index in [0.717, 1.165) is 11.1 Å². The fourth-order valence-corrected chi connectivity index (χ4v) is 4.50. The minimum Gasteiger partial charge on any atom is -0.449 e. The quantitative estimate of drug-likeness (QED) is 0.727. The molecular weight excluding hydrogens is 275 g/mol. The van der Waals surface area contributed by atoms with Gasteiger partial charge in [-0.3, -0.25) is 0 Å². The Morgan fingerprint density at radius 1 is 0.947 bits per heavy atom. The summed E-state index contributed by atoms with van der Waals surface area (Å²) in [4.78, 5) is 0. The summed E-state index contributed by atoms with van der Waals surface area (Å²) in [5.74, 6) is 0. The first-order chi connectivity index (χ1) is 8.19. The molecule has 0 N–H and O–H groups in total. The maximum absolute atomic E-state index is 12.9. The summed E-state index contributed by atoms with van der Waals surface area (Å²) >= 11 is 0. The van der Waals surface area contributed by atoms with Gasteiger partial charge >= 0.3 is 58.4 Å². The average molecular weight is 292 g/mol. The summed E-state index contributed by atoms with van der Waals surface area (Å²) in [6, 6.07) is 4.18. The zero-order chi connectivity index (χ0) is 13.3. The molecule has 3 fully saturated rings. The van der Waals surface area contributed by atoms with Crippen molar-refractivity contribution in [2.75, 3.05) is 0 Å². The van der Waals surface area contributed by atoms with Crippen LogP contribution in [-0.2, 0) is 5.41 Å². The molecular formula is C14H17BF3K. The van der Waals surface area contributed by atoms with Gasteiger partial charge in [-0.05, 0) is 42.9 Å². The van der Waals surface area contributed by atoms with E-state index in [1.165, 1.54) is 11.1 Å². The molecule has 0 aromatic heterocycles. The van der Waals surface area contributed by atoms with Gasteiger partial charge in [0.25, 0.3) is 0 Å². The van der Waals surface area contributed by atoms with Crippen molar-refractivity contribution in [1.29, 1.82) is 0 Å². The van der Waals surface area contributed by atoms with Crippen molar-refractivity contribution in [3.8, 4) is 0 Å². The Kier molecular flexibility index (Phi) is 3.90. The summed E-state index contributed by atoms with van der Waals surface area (Å²) < 4.78 is 38.8. The van der Waals surface area contributed by atoms with Crippen molar-refractivity contribution in [2.45, 2.75) is 50.8 Å². The van der Waals surface area contributed by atoms with Crippen LogP contribution < -0.4 is 51.4 Å². The molecule has 0 aliphatic heterocycles. The molecule has 0 atom stereocenters. The largest absolute Gasteiger partial charge is 1.00 e. The SMILES string of the molecule is Cc1cc(C)c(C23CC([B-](F)(F)F)(C2)C3)c(C)c1.[K+]. The zero-order valence-corrected chi connectivity index (χ0v) is 15.1. The van der Waals surface area contributed by atoms with Crippen molar-refractivity contribution in [3.63, 3.8) is 0 Å². The number of halogens is 3. The van der Waals surface area contributed by atoms with Crippen molar-refractivity contribution in [3.05, 3.63) is 34.4 Å². The first-order valence-electron chi connectivity index (χ1n) is 6.47. The third kappa shape index (κ3) is 2.11. The Balaban J connectivity index is 0.00000133. The van der Waals surface area contributed by atoms with Crippen LogP contribution in [0.25, 0.3) is 0 Å². The zero-order valence-electron chi connectivity index (χ0n) is 12.0. The van der Waals surface area contributed by atoms with Gasteiger partial charge in [0.2, 0.25) is 0 Å². The fourth-order valence-electron chi connectivity index (χ4n) is 4.50. The molecule has 5 heteroatoms. The second-order valence-electron chi connectivity index (χ2n) is 6.52. The number of hydrogen-bond donors (Lipinski definition) is 0. The van der Waals surface area contributed by atoms with Gasteiger partial charge in [0.1, 0.15) is 0 Å². The van der Waals surface area contributed by atoms with Gasteiger partial charge in [-0.2, -0.15) is 0 Å². The number of rotatable bonds is 2. The van der Waals surface area contributed by atoms with E-state index in [2.05, 4.69) is 12.1 Å². The Labute approximate surface area is 155 Å². The topological polar surface area (TPSA) is 0 Å². The van der Waals surface area contributed by atoms with E-state index in [1.54, 1.807) is 0 Å². The van der Waals surface area contributed by atoms with Crippen molar-refractivity contribution < 1.29 is 64.3 Å². The second kappa shape index (κ2) is 4.60. The van der Waals surface area contributed by atoms with Gasteiger partial charge in [-0.15, -0.1) is 0 Å². The molecule has 98 valence electrons. The molecule has 3 saturated carbocycles. The van der Waals surface area contributed by atoms with Crippen molar-refractivity contribution in [1.82, 2.24) is 0 Å². The predicted molar refractivity (Wildman–Crippen MR) is 68.0 cm³/mol. The first kappa shape index (κ1) is 16.1. The van der Waals surface area contributed by atoms with Crippen LogP contribution in [0, 0.1) is 20.8 Å². The maximum Gasteiger partial charge on any atom is 1.00 e. The third-order valence-corrected chi connectivity index (χ3v) is 4.97. The molecule has 1 aromatic carbocycles. The van der Waals surface area contributed by atoms with Gasteiger partial charge < -0.3 is 12.9 Å². The van der Waals surface area contributed by atoms with Crippen molar-refractivity contribution in [2.24, 2.45) is 0 Å². The van der Waals surface area contributed by atoms with Gasteiger partial charge in [0, 0.05) is 0 Å². The molecule has 0 radical (unpaired) electrons. The van der Waals surface area contributed by atoms with Gasteiger partial charge in [-0.1, -0.05) is 42.3 Å². The molecule has 0 amide bonds. The van der Waals surface area contributed by atoms with Crippen LogP contribution in [0.3, 0.4) is 0 Å². The normalized spacial score (nSPS) is 32.1. The van der Waals surface area contributed by atoms with Gasteiger partial charge in [0.15, 0.2) is 0 Å². The monoisotopic (exact) mass is 292 g/mol. The number of aryl methyl sites for hydroxylation is 3. The van der Waals surface area contributed by atoms with Crippen LogP contribution in [-0.4, -0.2) is 6.98 Å². The summed E-state index contributed by atoms with van der Waals surface area (Å²) in [5.41, 5.74) is 4.55. The van der Waals surface area contributed by atoms with Crippen LogP contribution in [0.15, 0.2) is 12.1 Å². The molecule has 0 saturated heterocycles. The van der Waals surface area contributed by atoms with Crippen molar-refractivity contribution >= 4 is 6.98 Å². The Morgan fingerprint density at radius 2 is 1.37 bits per heavy atom. The van der Waals surface area contributed by atoms with Crippen LogP contribution >= 0.6 is 0 Å². The van der Waals surface area contributed by atoms with E-state index in [1.807, 2.05) is 20.8 Å². The maximum atomic E-state index is 12.9. The first-order valence-corrected chi connectivity index (χ1v) is 6.47. The molecule has 19 heavy (non-hydrogen) atoms. The molecule has 3 aliphatic rings.